The van der Waals surface area contributed by atoms with Crippen molar-refractivity contribution in [2.75, 3.05) is 5.73 Å². The number of aryl methyl sites for hydroxylation is 2. The van der Waals surface area contributed by atoms with Crippen LogP contribution in [0.1, 0.15) is 41.4 Å². The number of nitrogen functional groups attached to an aromatic ring is 1. The number of aromatic nitrogens is 2. The Morgan fingerprint density at radius 1 is 1.32 bits per heavy atom. The van der Waals surface area contributed by atoms with Gasteiger partial charge in [-0.3, -0.25) is 4.79 Å². The first-order valence-electron chi connectivity index (χ1n) is 6.36. The lowest BCUT2D eigenvalue weighted by atomic mass is 10.0. The Bertz CT molecular complexity index is 627. The Kier molecular flexibility index (Phi) is 3.42. The third-order valence-corrected chi connectivity index (χ3v) is 3.23. The first-order chi connectivity index (χ1) is 8.95. The van der Waals surface area contributed by atoms with Crippen LogP contribution in [0.4, 0.5) is 5.82 Å². The number of benzene rings is 1. The second-order valence-corrected chi connectivity index (χ2v) is 5.12. The maximum absolute atomic E-state index is 11.3. The van der Waals surface area contributed by atoms with E-state index in [4.69, 9.17) is 5.73 Å². The lowest BCUT2D eigenvalue weighted by Gasteiger charge is -2.07. The second kappa shape index (κ2) is 4.88. The zero-order chi connectivity index (χ0) is 14.2. The number of hydrogen-bond donors (Lipinski definition) is 1. The van der Waals surface area contributed by atoms with Crippen molar-refractivity contribution in [2.24, 2.45) is 0 Å². The zero-order valence-electron chi connectivity index (χ0n) is 11.8. The van der Waals surface area contributed by atoms with Gasteiger partial charge >= 0.3 is 0 Å². The fourth-order valence-corrected chi connectivity index (χ4v) is 2.25. The topological polar surface area (TPSA) is 60.9 Å². The van der Waals surface area contributed by atoms with E-state index in [9.17, 15) is 4.79 Å². The van der Waals surface area contributed by atoms with Crippen molar-refractivity contribution in [3.05, 3.63) is 34.9 Å². The van der Waals surface area contributed by atoms with E-state index in [1.54, 1.807) is 4.68 Å². The molecule has 4 heteroatoms. The molecule has 2 rings (SSSR count). The van der Waals surface area contributed by atoms with E-state index < -0.39 is 0 Å². The molecule has 1 aromatic carbocycles. The molecule has 0 saturated carbocycles. The summed E-state index contributed by atoms with van der Waals surface area (Å²) >= 11 is 0. The third kappa shape index (κ3) is 2.26. The highest BCUT2D eigenvalue weighted by Crippen LogP contribution is 2.30. The van der Waals surface area contributed by atoms with E-state index >= 15 is 0 Å². The van der Waals surface area contributed by atoms with Gasteiger partial charge in [-0.2, -0.15) is 5.10 Å². The van der Waals surface area contributed by atoms with Crippen LogP contribution in [-0.2, 0) is 0 Å². The van der Waals surface area contributed by atoms with Gasteiger partial charge in [-0.25, -0.2) is 4.68 Å². The number of nitrogens with two attached hydrogens (primary N) is 1. The molecule has 0 spiro atoms. The molecule has 19 heavy (non-hydrogen) atoms. The predicted octanol–water partition coefficient (Wildman–Crippen LogP) is 3.14. The van der Waals surface area contributed by atoms with Crippen molar-refractivity contribution in [2.45, 2.75) is 33.7 Å². The minimum Gasteiger partial charge on any atom is -0.383 e. The maximum Gasteiger partial charge on any atom is 0.156 e. The van der Waals surface area contributed by atoms with Crippen molar-refractivity contribution in [3.8, 4) is 11.3 Å². The summed E-state index contributed by atoms with van der Waals surface area (Å²) < 4.78 is 1.69. The SMILES string of the molecule is Cc1ccc(-c2nn(C(C)C)c(N)c2C=O)c(C)c1. The molecule has 1 aromatic heterocycles. The number of carbonyl (C=O) groups is 1. The molecule has 100 valence electrons. The number of nitrogens with zero attached hydrogens (tertiary/aromatic N) is 2. The molecule has 0 atom stereocenters. The van der Waals surface area contributed by atoms with Crippen LogP contribution in [0.15, 0.2) is 18.2 Å². The maximum atomic E-state index is 11.3. The van der Waals surface area contributed by atoms with Crippen LogP contribution < -0.4 is 5.73 Å². The van der Waals surface area contributed by atoms with Crippen LogP contribution in [0.25, 0.3) is 11.3 Å². The lowest BCUT2D eigenvalue weighted by molar-refractivity contribution is 0.112. The van der Waals surface area contributed by atoms with Gasteiger partial charge in [0.05, 0.1) is 5.56 Å². The summed E-state index contributed by atoms with van der Waals surface area (Å²) in [6, 6.07) is 6.21. The van der Waals surface area contributed by atoms with Gasteiger partial charge in [-0.1, -0.05) is 23.8 Å². The monoisotopic (exact) mass is 257 g/mol. The van der Waals surface area contributed by atoms with Crippen LogP contribution in [0.2, 0.25) is 0 Å². The molecule has 0 radical (unpaired) electrons. The Labute approximate surface area is 113 Å². The summed E-state index contributed by atoms with van der Waals surface area (Å²) in [4.78, 5) is 11.3. The Hall–Kier alpha value is -2.10. The summed E-state index contributed by atoms with van der Waals surface area (Å²) in [6.45, 7) is 8.04. The van der Waals surface area contributed by atoms with Crippen LogP contribution in [0.5, 0.6) is 0 Å². The highest BCUT2D eigenvalue weighted by atomic mass is 16.1. The van der Waals surface area contributed by atoms with E-state index in [-0.39, 0.29) is 6.04 Å². The minimum atomic E-state index is 0.123. The molecule has 4 nitrogen and oxygen atoms in total. The van der Waals surface area contributed by atoms with Gasteiger partial charge in [-0.05, 0) is 33.3 Å². The quantitative estimate of drug-likeness (QED) is 0.859. The van der Waals surface area contributed by atoms with Gasteiger partial charge in [0.2, 0.25) is 0 Å². The van der Waals surface area contributed by atoms with Crippen LogP contribution in [0.3, 0.4) is 0 Å². The molecule has 0 aliphatic heterocycles. The molecule has 0 unspecified atom stereocenters. The average molecular weight is 257 g/mol. The standard InChI is InChI=1S/C15H19N3O/c1-9(2)18-15(16)13(8-19)14(17-18)12-6-5-10(3)7-11(12)4/h5-9H,16H2,1-4H3. The van der Waals surface area contributed by atoms with E-state index in [1.165, 1.54) is 5.56 Å². The van der Waals surface area contributed by atoms with Crippen LogP contribution >= 0.6 is 0 Å². The number of anilines is 1. The molecule has 0 bridgehead atoms. The Balaban J connectivity index is 2.68. The molecule has 2 N–H and O–H groups in total. The molecule has 2 aromatic rings. The molecule has 0 fully saturated rings. The van der Waals surface area contributed by atoms with Crippen LogP contribution in [-0.4, -0.2) is 16.1 Å². The highest BCUT2D eigenvalue weighted by molar-refractivity contribution is 5.92. The van der Waals surface area contributed by atoms with Crippen molar-refractivity contribution in [3.63, 3.8) is 0 Å². The summed E-state index contributed by atoms with van der Waals surface area (Å²) in [5.74, 6) is 0.431. The summed E-state index contributed by atoms with van der Waals surface area (Å²) in [7, 11) is 0. The summed E-state index contributed by atoms with van der Waals surface area (Å²) in [5, 5.41) is 4.50. The summed E-state index contributed by atoms with van der Waals surface area (Å²) in [5.41, 5.74) is 10.4. The van der Waals surface area contributed by atoms with Gasteiger partial charge in [0.15, 0.2) is 6.29 Å². The molecular formula is C15H19N3O. The Morgan fingerprint density at radius 2 is 2.00 bits per heavy atom. The van der Waals surface area contributed by atoms with Crippen molar-refractivity contribution in [1.82, 2.24) is 9.78 Å². The second-order valence-electron chi connectivity index (χ2n) is 5.12. The van der Waals surface area contributed by atoms with Crippen LogP contribution in [0, 0.1) is 13.8 Å². The third-order valence-electron chi connectivity index (χ3n) is 3.23. The fourth-order valence-electron chi connectivity index (χ4n) is 2.25. The minimum absolute atomic E-state index is 0.123. The average Bonchev–Trinajstić information content (AvgIpc) is 2.66. The van der Waals surface area contributed by atoms with Crippen molar-refractivity contribution in [1.29, 1.82) is 0 Å². The van der Waals surface area contributed by atoms with Crippen molar-refractivity contribution >= 4 is 12.1 Å². The van der Waals surface area contributed by atoms with Gasteiger partial charge in [0.25, 0.3) is 0 Å². The molecule has 0 saturated heterocycles. The van der Waals surface area contributed by atoms with Gasteiger partial charge < -0.3 is 5.73 Å². The molecule has 0 aliphatic rings. The number of rotatable bonds is 3. The molecule has 0 aliphatic carbocycles. The number of hydrogen-bond acceptors (Lipinski definition) is 3. The van der Waals surface area contributed by atoms with E-state index in [0.29, 0.717) is 17.1 Å². The first kappa shape index (κ1) is 13.3. The molecule has 0 amide bonds. The predicted molar refractivity (Wildman–Crippen MR) is 77.3 cm³/mol. The van der Waals surface area contributed by atoms with E-state index in [0.717, 1.165) is 17.4 Å². The van der Waals surface area contributed by atoms with E-state index in [1.807, 2.05) is 39.8 Å². The molecule has 1 heterocycles. The Morgan fingerprint density at radius 3 is 2.53 bits per heavy atom. The van der Waals surface area contributed by atoms with Gasteiger partial charge in [-0.15, -0.1) is 0 Å². The summed E-state index contributed by atoms with van der Waals surface area (Å²) in [6.07, 6.45) is 0.788. The van der Waals surface area contributed by atoms with Gasteiger partial charge in [0.1, 0.15) is 11.5 Å². The number of carbonyl (C=O) groups excluding carboxylic acids is 1. The first-order valence-corrected chi connectivity index (χ1v) is 6.36. The van der Waals surface area contributed by atoms with E-state index in [2.05, 4.69) is 11.2 Å². The normalized spacial score (nSPS) is 11.0. The lowest BCUT2D eigenvalue weighted by Crippen LogP contribution is -2.07. The molecular weight excluding hydrogens is 238 g/mol. The largest absolute Gasteiger partial charge is 0.383 e. The zero-order valence-corrected chi connectivity index (χ0v) is 11.8. The number of aldehydes is 1. The smallest absolute Gasteiger partial charge is 0.156 e. The van der Waals surface area contributed by atoms with Crippen molar-refractivity contribution < 1.29 is 4.79 Å². The highest BCUT2D eigenvalue weighted by Gasteiger charge is 2.19. The van der Waals surface area contributed by atoms with Gasteiger partial charge in [0, 0.05) is 11.6 Å². The fraction of sp³-hybridized carbons (Fsp3) is 0.333.